The minimum absolute atomic E-state index is 0.134. The van der Waals surface area contributed by atoms with E-state index in [1.807, 2.05) is 42.5 Å². The number of rotatable bonds is 11. The Morgan fingerprint density at radius 1 is 1.03 bits per heavy atom. The van der Waals surface area contributed by atoms with Crippen molar-refractivity contribution in [3.63, 3.8) is 0 Å². The highest BCUT2D eigenvalue weighted by Crippen LogP contribution is 2.17. The number of carbonyl (C=O) groups is 3. The zero-order valence-electron chi connectivity index (χ0n) is 17.1. The number of carboxylic acid groups (broad SMARTS) is 1. The van der Waals surface area contributed by atoms with Crippen LogP contribution in [0, 0.1) is 5.41 Å². The number of nitrogens with two attached hydrogens (primary N) is 2. The maximum Gasteiger partial charge on any atom is 0.326 e. The van der Waals surface area contributed by atoms with Gasteiger partial charge in [0.15, 0.2) is 5.96 Å². The third-order valence-electron chi connectivity index (χ3n) is 4.69. The molecule has 0 aliphatic heterocycles. The van der Waals surface area contributed by atoms with Gasteiger partial charge in [0.2, 0.25) is 11.8 Å². The Balaban J connectivity index is 2.10. The SMILES string of the molecule is N=C(N)NCCC[C@H](NC(=O)[C@H](Cc1ccc2ccccc2c1)NC(=O)CN)C(=O)O. The molecule has 0 fully saturated rings. The van der Waals surface area contributed by atoms with Crippen molar-refractivity contribution in [1.29, 1.82) is 5.41 Å². The molecule has 0 saturated carbocycles. The fraction of sp³-hybridized carbons (Fsp3) is 0.333. The number of aliphatic carboxylic acids is 1. The van der Waals surface area contributed by atoms with E-state index in [0.29, 0.717) is 13.0 Å². The van der Waals surface area contributed by atoms with E-state index in [4.69, 9.17) is 16.9 Å². The number of carboxylic acids is 1. The van der Waals surface area contributed by atoms with Crippen LogP contribution >= 0.6 is 0 Å². The van der Waals surface area contributed by atoms with Crippen molar-refractivity contribution in [3.8, 4) is 0 Å². The molecule has 0 aromatic heterocycles. The third-order valence-corrected chi connectivity index (χ3v) is 4.69. The number of fused-ring (bicyclic) bond motifs is 1. The molecule has 10 heteroatoms. The molecule has 0 unspecified atom stereocenters. The molecule has 0 bridgehead atoms. The topological polar surface area (TPSA) is 183 Å². The van der Waals surface area contributed by atoms with Gasteiger partial charge in [0, 0.05) is 13.0 Å². The minimum Gasteiger partial charge on any atom is -0.480 e. The first kappa shape index (κ1) is 23.6. The van der Waals surface area contributed by atoms with E-state index < -0.39 is 29.9 Å². The lowest BCUT2D eigenvalue weighted by Crippen LogP contribution is -2.53. The summed E-state index contributed by atoms with van der Waals surface area (Å²) < 4.78 is 0. The maximum absolute atomic E-state index is 12.8. The van der Waals surface area contributed by atoms with Crippen LogP contribution in [-0.2, 0) is 20.8 Å². The van der Waals surface area contributed by atoms with Gasteiger partial charge in [-0.3, -0.25) is 15.0 Å². The molecule has 166 valence electrons. The maximum atomic E-state index is 12.8. The van der Waals surface area contributed by atoms with E-state index in [1.54, 1.807) is 0 Å². The molecule has 2 atom stereocenters. The van der Waals surface area contributed by atoms with E-state index in [1.165, 1.54) is 0 Å². The van der Waals surface area contributed by atoms with Crippen molar-refractivity contribution in [3.05, 3.63) is 48.0 Å². The molecule has 2 amide bonds. The summed E-state index contributed by atoms with van der Waals surface area (Å²) in [5.41, 5.74) is 11.4. The van der Waals surface area contributed by atoms with Crippen LogP contribution in [-0.4, -0.2) is 54.0 Å². The highest BCUT2D eigenvalue weighted by atomic mass is 16.4. The van der Waals surface area contributed by atoms with Crippen LogP contribution in [0.5, 0.6) is 0 Å². The standard InChI is InChI=1S/C21H28N6O4/c22-12-18(28)26-17(11-13-7-8-14-4-1-2-5-15(14)10-13)19(29)27-16(20(30)31)6-3-9-25-21(23)24/h1-2,4-5,7-8,10,16-17H,3,6,9,11-12,22H2,(H,26,28)(H,27,29)(H,30,31)(H4,23,24,25)/t16-,17-/m0/s1. The van der Waals surface area contributed by atoms with Crippen molar-refractivity contribution in [1.82, 2.24) is 16.0 Å². The fourth-order valence-electron chi connectivity index (χ4n) is 3.12. The van der Waals surface area contributed by atoms with Crippen molar-refractivity contribution in [2.45, 2.75) is 31.3 Å². The van der Waals surface area contributed by atoms with E-state index in [9.17, 15) is 19.5 Å². The summed E-state index contributed by atoms with van der Waals surface area (Å²) in [5.74, 6) is -2.53. The van der Waals surface area contributed by atoms with Gasteiger partial charge in [-0.05, 0) is 29.2 Å². The molecular weight excluding hydrogens is 400 g/mol. The Morgan fingerprint density at radius 3 is 2.39 bits per heavy atom. The molecule has 9 N–H and O–H groups in total. The quantitative estimate of drug-likeness (QED) is 0.145. The second kappa shape index (κ2) is 11.5. The summed E-state index contributed by atoms with van der Waals surface area (Å²) in [6.07, 6.45) is 0.691. The van der Waals surface area contributed by atoms with Gasteiger partial charge in [0.25, 0.3) is 0 Å². The average molecular weight is 428 g/mol. The number of carbonyl (C=O) groups excluding carboxylic acids is 2. The molecule has 2 rings (SSSR count). The van der Waals surface area contributed by atoms with Gasteiger partial charge in [-0.2, -0.15) is 0 Å². The summed E-state index contributed by atoms with van der Waals surface area (Å²) in [7, 11) is 0. The van der Waals surface area contributed by atoms with Crippen molar-refractivity contribution >= 4 is 34.5 Å². The molecule has 0 saturated heterocycles. The smallest absolute Gasteiger partial charge is 0.326 e. The molecule has 0 spiro atoms. The van der Waals surface area contributed by atoms with E-state index in [0.717, 1.165) is 16.3 Å². The van der Waals surface area contributed by atoms with Crippen molar-refractivity contribution in [2.75, 3.05) is 13.1 Å². The predicted molar refractivity (Wildman–Crippen MR) is 117 cm³/mol. The lowest BCUT2D eigenvalue weighted by Gasteiger charge is -2.22. The Morgan fingerprint density at radius 2 is 1.74 bits per heavy atom. The average Bonchev–Trinajstić information content (AvgIpc) is 2.74. The van der Waals surface area contributed by atoms with Crippen LogP contribution in [0.1, 0.15) is 18.4 Å². The minimum atomic E-state index is -1.19. The number of hydrogen-bond donors (Lipinski definition) is 7. The van der Waals surface area contributed by atoms with Crippen LogP contribution in [0.25, 0.3) is 10.8 Å². The molecule has 10 nitrogen and oxygen atoms in total. The van der Waals surface area contributed by atoms with Crippen molar-refractivity contribution in [2.24, 2.45) is 11.5 Å². The highest BCUT2D eigenvalue weighted by molar-refractivity contribution is 5.91. The van der Waals surface area contributed by atoms with Crippen LogP contribution < -0.4 is 27.4 Å². The molecule has 0 aliphatic rings. The van der Waals surface area contributed by atoms with Gasteiger partial charge in [-0.1, -0.05) is 42.5 Å². The lowest BCUT2D eigenvalue weighted by atomic mass is 10.0. The number of amides is 2. The van der Waals surface area contributed by atoms with E-state index in [2.05, 4.69) is 16.0 Å². The Bertz CT molecular complexity index is 948. The largest absolute Gasteiger partial charge is 0.480 e. The number of hydrogen-bond acceptors (Lipinski definition) is 5. The first-order chi connectivity index (χ1) is 14.8. The lowest BCUT2D eigenvalue weighted by molar-refractivity contribution is -0.142. The van der Waals surface area contributed by atoms with Crippen LogP contribution in [0.3, 0.4) is 0 Å². The summed E-state index contributed by atoms with van der Waals surface area (Å²) in [6.45, 7) is 0.0139. The predicted octanol–water partition coefficient (Wildman–Crippen LogP) is -0.342. The van der Waals surface area contributed by atoms with Gasteiger partial charge in [-0.15, -0.1) is 0 Å². The first-order valence-electron chi connectivity index (χ1n) is 9.88. The second-order valence-corrected chi connectivity index (χ2v) is 7.09. The number of guanidine groups is 1. The fourth-order valence-corrected chi connectivity index (χ4v) is 3.12. The van der Waals surface area contributed by atoms with Gasteiger partial charge >= 0.3 is 5.97 Å². The van der Waals surface area contributed by atoms with Gasteiger partial charge in [-0.25, -0.2) is 4.79 Å². The highest BCUT2D eigenvalue weighted by Gasteiger charge is 2.26. The van der Waals surface area contributed by atoms with E-state index >= 15 is 0 Å². The van der Waals surface area contributed by atoms with Crippen LogP contribution in [0.15, 0.2) is 42.5 Å². The summed E-state index contributed by atoms with van der Waals surface area (Å²) in [6, 6.07) is 11.3. The summed E-state index contributed by atoms with van der Waals surface area (Å²) >= 11 is 0. The molecule has 2 aromatic rings. The Labute approximate surface area is 179 Å². The molecule has 31 heavy (non-hydrogen) atoms. The van der Waals surface area contributed by atoms with Gasteiger partial charge in [0.1, 0.15) is 12.1 Å². The molecule has 0 heterocycles. The van der Waals surface area contributed by atoms with Crippen LogP contribution in [0.2, 0.25) is 0 Å². The monoisotopic (exact) mass is 428 g/mol. The third kappa shape index (κ3) is 7.59. The summed E-state index contributed by atoms with van der Waals surface area (Å²) in [4.78, 5) is 36.2. The Hall–Kier alpha value is -3.66. The van der Waals surface area contributed by atoms with Gasteiger partial charge < -0.3 is 32.5 Å². The van der Waals surface area contributed by atoms with Crippen LogP contribution in [0.4, 0.5) is 0 Å². The molecule has 0 radical (unpaired) electrons. The van der Waals surface area contributed by atoms with E-state index in [-0.39, 0.29) is 25.3 Å². The summed E-state index contributed by atoms with van der Waals surface area (Å²) in [5, 5.41) is 26.2. The molecule has 0 aliphatic carbocycles. The molecular formula is C21H28N6O4. The van der Waals surface area contributed by atoms with Crippen molar-refractivity contribution < 1.29 is 19.5 Å². The van der Waals surface area contributed by atoms with Gasteiger partial charge in [0.05, 0.1) is 6.54 Å². The zero-order valence-corrected chi connectivity index (χ0v) is 17.1. The Kier molecular flexibility index (Phi) is 8.77. The molecule has 2 aromatic carbocycles. The normalized spacial score (nSPS) is 12.5. The second-order valence-electron chi connectivity index (χ2n) is 7.09. The zero-order chi connectivity index (χ0) is 22.8. The number of benzene rings is 2. The first-order valence-corrected chi connectivity index (χ1v) is 9.88. The number of nitrogens with one attached hydrogen (secondary N) is 4.